The fourth-order valence-corrected chi connectivity index (χ4v) is 3.70. The second kappa shape index (κ2) is 9.00. The zero-order valence-corrected chi connectivity index (χ0v) is 17.8. The molecule has 6 nitrogen and oxygen atoms in total. The summed E-state index contributed by atoms with van der Waals surface area (Å²) in [6.07, 6.45) is 3.96. The van der Waals surface area contributed by atoms with Gasteiger partial charge in [0.25, 0.3) is 0 Å². The molecule has 2 aromatic heterocycles. The van der Waals surface area contributed by atoms with Crippen LogP contribution in [0, 0.1) is 6.92 Å². The Morgan fingerprint density at radius 2 is 1.97 bits per heavy atom. The minimum Gasteiger partial charge on any atom is -0.492 e. The third-order valence-electron chi connectivity index (χ3n) is 5.14. The van der Waals surface area contributed by atoms with Crippen LogP contribution in [0.4, 0.5) is 11.5 Å². The lowest BCUT2D eigenvalue weighted by Gasteiger charge is -2.34. The monoisotopic (exact) mass is 414 g/mol. The first-order valence-corrected chi connectivity index (χ1v) is 10.3. The van der Waals surface area contributed by atoms with Crippen LogP contribution >= 0.6 is 0 Å². The molecule has 31 heavy (non-hydrogen) atoms. The van der Waals surface area contributed by atoms with Crippen molar-refractivity contribution < 1.29 is 9.53 Å². The molecular formula is C25H26N4O2. The minimum atomic E-state index is -0.0962. The van der Waals surface area contributed by atoms with Crippen LogP contribution in [0.25, 0.3) is 11.1 Å². The molecular weight excluding hydrogens is 388 g/mol. The highest BCUT2D eigenvalue weighted by atomic mass is 16.5. The number of hydrogen-bond acceptors (Lipinski definition) is 5. The molecule has 0 aliphatic carbocycles. The van der Waals surface area contributed by atoms with Gasteiger partial charge in [-0.05, 0) is 54.8 Å². The summed E-state index contributed by atoms with van der Waals surface area (Å²) < 4.78 is 5.59. The van der Waals surface area contributed by atoms with Gasteiger partial charge in [-0.25, -0.2) is 4.98 Å². The van der Waals surface area contributed by atoms with Crippen LogP contribution in [0.5, 0.6) is 0 Å². The molecule has 1 aliphatic rings. The number of anilines is 2. The Bertz CT molecular complexity index is 1080. The molecule has 1 amide bonds. The third-order valence-corrected chi connectivity index (χ3v) is 5.14. The second-order valence-electron chi connectivity index (χ2n) is 7.86. The largest absolute Gasteiger partial charge is 0.492 e. The fraction of sp³-hybridized carbons (Fsp3) is 0.240. The molecule has 1 N–H and O–H groups in total. The highest BCUT2D eigenvalue weighted by molar-refractivity contribution is 5.91. The van der Waals surface area contributed by atoms with Gasteiger partial charge in [0.05, 0.1) is 31.4 Å². The van der Waals surface area contributed by atoms with Crippen molar-refractivity contribution in [3.8, 4) is 11.1 Å². The summed E-state index contributed by atoms with van der Waals surface area (Å²) in [5, 5.41) is 2.87. The minimum absolute atomic E-state index is 0.0922. The molecule has 1 atom stereocenters. The van der Waals surface area contributed by atoms with Crippen molar-refractivity contribution >= 4 is 17.4 Å². The lowest BCUT2D eigenvalue weighted by atomic mass is 10.0. The van der Waals surface area contributed by atoms with Crippen molar-refractivity contribution in [1.29, 1.82) is 0 Å². The van der Waals surface area contributed by atoms with Crippen LogP contribution in [0.3, 0.4) is 0 Å². The van der Waals surface area contributed by atoms with Crippen molar-refractivity contribution in [2.75, 3.05) is 23.3 Å². The van der Waals surface area contributed by atoms with E-state index in [1.807, 2.05) is 62.4 Å². The molecule has 0 unspecified atom stereocenters. The van der Waals surface area contributed by atoms with E-state index in [2.05, 4.69) is 26.8 Å². The molecule has 1 aliphatic heterocycles. The first kappa shape index (κ1) is 20.6. The zero-order chi connectivity index (χ0) is 21.8. The number of morpholine rings is 1. The van der Waals surface area contributed by atoms with Crippen LogP contribution in [0.2, 0.25) is 0 Å². The van der Waals surface area contributed by atoms with Crippen LogP contribution in [-0.2, 0) is 16.0 Å². The maximum atomic E-state index is 12.5. The van der Waals surface area contributed by atoms with Crippen molar-refractivity contribution in [2.45, 2.75) is 26.4 Å². The number of amides is 1. The number of benzene rings is 1. The summed E-state index contributed by atoms with van der Waals surface area (Å²) in [7, 11) is 0. The lowest BCUT2D eigenvalue weighted by molar-refractivity contribution is -0.115. The molecule has 3 heterocycles. The Hall–Kier alpha value is -3.67. The van der Waals surface area contributed by atoms with Crippen molar-refractivity contribution in [3.05, 3.63) is 84.5 Å². The van der Waals surface area contributed by atoms with Crippen molar-refractivity contribution in [3.63, 3.8) is 0 Å². The molecule has 4 rings (SSSR count). The van der Waals surface area contributed by atoms with E-state index < -0.39 is 0 Å². The Kier molecular flexibility index (Phi) is 5.98. The zero-order valence-electron chi connectivity index (χ0n) is 17.8. The van der Waals surface area contributed by atoms with Crippen LogP contribution in [0.15, 0.2) is 73.3 Å². The quantitative estimate of drug-likeness (QED) is 0.671. The number of nitrogens with one attached hydrogen (secondary N) is 1. The maximum Gasteiger partial charge on any atom is 0.229 e. The molecule has 0 spiro atoms. The van der Waals surface area contributed by atoms with E-state index in [4.69, 9.17) is 4.74 Å². The summed E-state index contributed by atoms with van der Waals surface area (Å²) in [5.41, 5.74) is 5.13. The van der Waals surface area contributed by atoms with Gasteiger partial charge >= 0.3 is 0 Å². The Balaban J connectivity index is 1.35. The van der Waals surface area contributed by atoms with E-state index in [9.17, 15) is 4.79 Å². The number of ether oxygens (including phenoxy) is 1. The van der Waals surface area contributed by atoms with Gasteiger partial charge in [-0.1, -0.05) is 30.8 Å². The van der Waals surface area contributed by atoms with Gasteiger partial charge < -0.3 is 15.0 Å². The molecule has 1 saturated heterocycles. The second-order valence-corrected chi connectivity index (χ2v) is 7.86. The van der Waals surface area contributed by atoms with Gasteiger partial charge in [0, 0.05) is 11.9 Å². The molecule has 0 saturated carbocycles. The number of aromatic nitrogens is 2. The highest BCUT2D eigenvalue weighted by Gasteiger charge is 2.20. The number of aryl methyl sites for hydroxylation is 1. The van der Waals surface area contributed by atoms with Gasteiger partial charge in [0.15, 0.2) is 0 Å². The van der Waals surface area contributed by atoms with E-state index >= 15 is 0 Å². The van der Waals surface area contributed by atoms with Crippen molar-refractivity contribution in [2.24, 2.45) is 0 Å². The molecule has 3 aromatic rings. The normalized spacial score (nSPS) is 16.0. The predicted octanol–water partition coefficient (Wildman–Crippen LogP) is 4.37. The van der Waals surface area contributed by atoms with Crippen LogP contribution < -0.4 is 10.2 Å². The Labute approximate surface area is 182 Å². The van der Waals surface area contributed by atoms with Crippen LogP contribution in [0.1, 0.15) is 18.2 Å². The fourth-order valence-electron chi connectivity index (χ4n) is 3.70. The Morgan fingerprint density at radius 3 is 2.65 bits per heavy atom. The number of pyridine rings is 2. The first-order chi connectivity index (χ1) is 15.0. The standard InChI is InChI=1S/C25H26N4O2/c1-17-12-22(10-11-26-17)21-6-4-20(5-7-21)13-25(30)28-24-9-8-23(14-27-24)29-15-18(2)31-19(3)16-29/h4-12,14,19H,2,13,15-16H2,1,3H3,(H,27,28,30)/t19-/m0/s1. The molecule has 6 heteroatoms. The number of carbonyl (C=O) groups is 1. The average Bonchev–Trinajstić information content (AvgIpc) is 2.74. The number of hydrogen-bond donors (Lipinski definition) is 1. The number of rotatable bonds is 5. The number of carbonyl (C=O) groups excluding carboxylic acids is 1. The van der Waals surface area contributed by atoms with Gasteiger partial charge in [-0.2, -0.15) is 0 Å². The lowest BCUT2D eigenvalue weighted by Crippen LogP contribution is -2.39. The smallest absolute Gasteiger partial charge is 0.229 e. The molecule has 0 radical (unpaired) electrons. The number of nitrogens with zero attached hydrogens (tertiary/aromatic N) is 3. The van der Waals surface area contributed by atoms with Crippen LogP contribution in [-0.4, -0.2) is 35.1 Å². The van der Waals surface area contributed by atoms with E-state index in [-0.39, 0.29) is 12.0 Å². The molecule has 1 aromatic carbocycles. The van der Waals surface area contributed by atoms with E-state index in [0.717, 1.165) is 40.4 Å². The molecule has 0 bridgehead atoms. The van der Waals surface area contributed by atoms with Gasteiger partial charge in [-0.3, -0.25) is 9.78 Å². The van der Waals surface area contributed by atoms with Gasteiger partial charge in [0.2, 0.25) is 5.91 Å². The van der Waals surface area contributed by atoms with E-state index in [1.165, 1.54) is 0 Å². The van der Waals surface area contributed by atoms with Gasteiger partial charge in [-0.15, -0.1) is 0 Å². The summed E-state index contributed by atoms with van der Waals surface area (Å²) in [6.45, 7) is 9.34. The summed E-state index contributed by atoms with van der Waals surface area (Å²) in [5.74, 6) is 1.19. The van der Waals surface area contributed by atoms with E-state index in [0.29, 0.717) is 18.8 Å². The topological polar surface area (TPSA) is 67.4 Å². The molecule has 1 fully saturated rings. The third kappa shape index (κ3) is 5.28. The van der Waals surface area contributed by atoms with Crippen molar-refractivity contribution in [1.82, 2.24) is 9.97 Å². The SMILES string of the molecule is C=C1CN(c2ccc(NC(=O)Cc3ccc(-c4ccnc(C)c4)cc3)nc2)C[C@H](C)O1. The van der Waals surface area contributed by atoms with E-state index in [1.54, 1.807) is 12.4 Å². The Morgan fingerprint density at radius 1 is 1.16 bits per heavy atom. The highest BCUT2D eigenvalue weighted by Crippen LogP contribution is 2.22. The maximum absolute atomic E-state index is 12.5. The summed E-state index contributed by atoms with van der Waals surface area (Å²) in [6, 6.07) is 15.8. The average molecular weight is 415 g/mol. The van der Waals surface area contributed by atoms with Gasteiger partial charge in [0.1, 0.15) is 17.7 Å². The summed E-state index contributed by atoms with van der Waals surface area (Å²) in [4.78, 5) is 23.3. The summed E-state index contributed by atoms with van der Waals surface area (Å²) >= 11 is 0. The predicted molar refractivity (Wildman–Crippen MR) is 123 cm³/mol. The first-order valence-electron chi connectivity index (χ1n) is 10.3. The molecule has 158 valence electrons.